The Bertz CT molecular complexity index is 301. The molecule has 1 rings (SSSR count). The van der Waals surface area contributed by atoms with Gasteiger partial charge in [0.05, 0.1) is 17.7 Å². The van der Waals surface area contributed by atoms with Crippen LogP contribution in [0.4, 0.5) is 0 Å². The minimum Gasteiger partial charge on any atom is -0.311 e. The van der Waals surface area contributed by atoms with Crippen molar-refractivity contribution in [1.29, 1.82) is 0 Å². The predicted octanol–water partition coefficient (Wildman–Crippen LogP) is 0.764. The number of aryl methyl sites for hydroxylation is 1. The summed E-state index contributed by atoms with van der Waals surface area (Å²) in [7, 11) is 0. The zero-order valence-electron chi connectivity index (χ0n) is 8.34. The van der Waals surface area contributed by atoms with Crippen LogP contribution in [0.1, 0.15) is 10.6 Å². The number of terminal acetylenes is 1. The van der Waals surface area contributed by atoms with Crippen molar-refractivity contribution in [2.75, 3.05) is 19.6 Å². The summed E-state index contributed by atoms with van der Waals surface area (Å²) in [6.07, 6.45) is 5.10. The van der Waals surface area contributed by atoms with Gasteiger partial charge in [0.2, 0.25) is 0 Å². The monoisotopic (exact) mass is 209 g/mol. The van der Waals surface area contributed by atoms with E-state index in [2.05, 4.69) is 21.5 Å². The highest BCUT2D eigenvalue weighted by molar-refractivity contribution is 7.09. The summed E-state index contributed by atoms with van der Waals surface area (Å²) in [5.74, 6) is 2.53. The van der Waals surface area contributed by atoms with Crippen LogP contribution in [-0.2, 0) is 6.54 Å². The molecule has 0 fully saturated rings. The van der Waals surface area contributed by atoms with Crippen molar-refractivity contribution in [2.45, 2.75) is 13.5 Å². The molecule has 14 heavy (non-hydrogen) atoms. The summed E-state index contributed by atoms with van der Waals surface area (Å²) >= 11 is 1.69. The maximum absolute atomic E-state index is 5.10. The highest BCUT2D eigenvalue weighted by atomic mass is 32.1. The molecular formula is C10H15N3S. The number of aromatic nitrogens is 1. The minimum absolute atomic E-state index is 0.640. The molecule has 0 bridgehead atoms. The van der Waals surface area contributed by atoms with E-state index in [9.17, 15) is 0 Å². The summed E-state index contributed by atoms with van der Waals surface area (Å²) in [5.41, 5.74) is 3.00. The second-order valence-corrected chi connectivity index (χ2v) is 3.86. The van der Waals surface area contributed by atoms with Crippen LogP contribution in [-0.4, -0.2) is 24.6 Å². The minimum atomic E-state index is 0.640. The largest absolute Gasteiger partial charge is 0.311 e. The van der Waals surface area contributed by atoms with E-state index < -0.39 is 0 Å². The van der Waals surface area contributed by atoms with E-state index in [0.29, 0.717) is 6.54 Å². The van der Waals surface area contributed by atoms with Crippen molar-refractivity contribution in [2.24, 2.45) is 0 Å². The third kappa shape index (κ3) is 3.88. The third-order valence-electron chi connectivity index (χ3n) is 1.84. The quantitative estimate of drug-likeness (QED) is 0.536. The van der Waals surface area contributed by atoms with Crippen LogP contribution in [0.2, 0.25) is 0 Å². The van der Waals surface area contributed by atoms with E-state index in [4.69, 9.17) is 6.42 Å². The molecule has 4 heteroatoms. The Morgan fingerprint density at radius 2 is 2.29 bits per heavy atom. The molecule has 0 saturated heterocycles. The first-order valence-corrected chi connectivity index (χ1v) is 5.46. The van der Waals surface area contributed by atoms with E-state index in [1.54, 1.807) is 11.3 Å². The Morgan fingerprint density at radius 1 is 1.50 bits per heavy atom. The second-order valence-electron chi connectivity index (χ2n) is 2.92. The van der Waals surface area contributed by atoms with E-state index in [1.807, 2.05) is 12.4 Å². The SMILES string of the molecule is C#CCNCCNCc1scnc1C. The van der Waals surface area contributed by atoms with Gasteiger partial charge in [-0.3, -0.25) is 0 Å². The van der Waals surface area contributed by atoms with Crippen molar-refractivity contribution < 1.29 is 0 Å². The molecule has 0 amide bonds. The lowest BCUT2D eigenvalue weighted by molar-refractivity contribution is 0.640. The first-order chi connectivity index (χ1) is 6.84. The fraction of sp³-hybridized carbons (Fsp3) is 0.500. The molecule has 0 saturated carbocycles. The van der Waals surface area contributed by atoms with Gasteiger partial charge < -0.3 is 10.6 Å². The lowest BCUT2D eigenvalue weighted by atomic mass is 10.4. The second kappa shape index (κ2) is 6.55. The van der Waals surface area contributed by atoms with Crippen LogP contribution in [0.3, 0.4) is 0 Å². The van der Waals surface area contributed by atoms with Crippen LogP contribution in [0.5, 0.6) is 0 Å². The standard InChI is InChI=1S/C10H15N3S/c1-3-4-11-5-6-12-7-10-9(2)13-8-14-10/h1,8,11-12H,4-7H2,2H3. The van der Waals surface area contributed by atoms with Gasteiger partial charge in [-0.05, 0) is 6.92 Å². The third-order valence-corrected chi connectivity index (χ3v) is 2.77. The molecule has 0 aliphatic carbocycles. The van der Waals surface area contributed by atoms with Gasteiger partial charge in [-0.2, -0.15) is 0 Å². The van der Waals surface area contributed by atoms with Gasteiger partial charge in [0.15, 0.2) is 0 Å². The van der Waals surface area contributed by atoms with Crippen molar-refractivity contribution >= 4 is 11.3 Å². The molecule has 1 heterocycles. The number of thiazole rings is 1. The van der Waals surface area contributed by atoms with Crippen LogP contribution in [0, 0.1) is 19.3 Å². The molecule has 76 valence electrons. The molecule has 3 nitrogen and oxygen atoms in total. The summed E-state index contributed by atoms with van der Waals surface area (Å²) in [5, 5.41) is 6.45. The van der Waals surface area contributed by atoms with Gasteiger partial charge in [-0.1, -0.05) is 5.92 Å². The fourth-order valence-corrected chi connectivity index (χ4v) is 1.78. The first kappa shape index (κ1) is 11.2. The lowest BCUT2D eigenvalue weighted by Gasteiger charge is -2.03. The van der Waals surface area contributed by atoms with Crippen LogP contribution in [0.15, 0.2) is 5.51 Å². The van der Waals surface area contributed by atoms with Crippen molar-refractivity contribution in [3.05, 3.63) is 16.1 Å². The molecule has 0 radical (unpaired) electrons. The Morgan fingerprint density at radius 3 is 2.93 bits per heavy atom. The summed E-state index contributed by atoms with van der Waals surface area (Å²) < 4.78 is 0. The number of hydrogen-bond acceptors (Lipinski definition) is 4. The van der Waals surface area contributed by atoms with Gasteiger partial charge >= 0.3 is 0 Å². The van der Waals surface area contributed by atoms with Gasteiger partial charge in [-0.15, -0.1) is 17.8 Å². The van der Waals surface area contributed by atoms with E-state index in [1.165, 1.54) is 4.88 Å². The van der Waals surface area contributed by atoms with Gasteiger partial charge in [0, 0.05) is 24.5 Å². The molecule has 0 aliphatic rings. The Kier molecular flexibility index (Phi) is 5.23. The zero-order chi connectivity index (χ0) is 10.2. The van der Waals surface area contributed by atoms with Crippen molar-refractivity contribution in [1.82, 2.24) is 15.6 Å². The van der Waals surface area contributed by atoms with Gasteiger partial charge in [0.25, 0.3) is 0 Å². The van der Waals surface area contributed by atoms with Crippen molar-refractivity contribution in [3.63, 3.8) is 0 Å². The lowest BCUT2D eigenvalue weighted by Crippen LogP contribution is -2.27. The fourth-order valence-electron chi connectivity index (χ4n) is 1.04. The summed E-state index contributed by atoms with van der Waals surface area (Å²) in [4.78, 5) is 5.49. The molecule has 1 aromatic rings. The first-order valence-electron chi connectivity index (χ1n) is 4.58. The predicted molar refractivity (Wildman–Crippen MR) is 60.3 cm³/mol. The molecule has 0 aromatic carbocycles. The Hall–Kier alpha value is -0.890. The number of nitrogens with one attached hydrogen (secondary N) is 2. The molecule has 0 spiro atoms. The highest BCUT2D eigenvalue weighted by Gasteiger charge is 1.98. The average Bonchev–Trinajstić information content (AvgIpc) is 2.58. The smallest absolute Gasteiger partial charge is 0.0798 e. The summed E-state index contributed by atoms with van der Waals surface area (Å²) in [6.45, 7) is 5.40. The number of hydrogen-bond donors (Lipinski definition) is 2. The van der Waals surface area contributed by atoms with Crippen LogP contribution >= 0.6 is 11.3 Å². The van der Waals surface area contributed by atoms with Gasteiger partial charge in [-0.25, -0.2) is 4.98 Å². The van der Waals surface area contributed by atoms with E-state index >= 15 is 0 Å². The van der Waals surface area contributed by atoms with E-state index in [-0.39, 0.29) is 0 Å². The molecule has 0 unspecified atom stereocenters. The van der Waals surface area contributed by atoms with Crippen LogP contribution in [0.25, 0.3) is 0 Å². The van der Waals surface area contributed by atoms with Gasteiger partial charge in [0.1, 0.15) is 0 Å². The molecular weight excluding hydrogens is 194 g/mol. The van der Waals surface area contributed by atoms with E-state index in [0.717, 1.165) is 25.3 Å². The topological polar surface area (TPSA) is 37.0 Å². The Labute approximate surface area is 88.9 Å². The zero-order valence-corrected chi connectivity index (χ0v) is 9.16. The molecule has 0 atom stereocenters. The molecule has 0 aliphatic heterocycles. The highest BCUT2D eigenvalue weighted by Crippen LogP contribution is 2.10. The summed E-state index contributed by atoms with van der Waals surface area (Å²) in [6, 6.07) is 0. The maximum Gasteiger partial charge on any atom is 0.0798 e. The number of nitrogens with zero attached hydrogens (tertiary/aromatic N) is 1. The average molecular weight is 209 g/mol. The Balaban J connectivity index is 2.05. The number of rotatable bonds is 6. The maximum atomic E-state index is 5.10. The molecule has 1 aromatic heterocycles. The van der Waals surface area contributed by atoms with Crippen molar-refractivity contribution in [3.8, 4) is 12.3 Å². The van der Waals surface area contributed by atoms with Crippen LogP contribution < -0.4 is 10.6 Å². The molecule has 2 N–H and O–H groups in total. The normalized spacial score (nSPS) is 10.0.